The average molecular weight is 429 g/mol. The van der Waals surface area contributed by atoms with Crippen LogP contribution in [0, 0.1) is 6.92 Å². The van der Waals surface area contributed by atoms with E-state index in [0.717, 1.165) is 29.0 Å². The molecule has 2 aromatic heterocycles. The van der Waals surface area contributed by atoms with E-state index in [0.29, 0.717) is 28.8 Å². The first kappa shape index (κ1) is 21.0. The number of rotatable bonds is 8. The van der Waals surface area contributed by atoms with E-state index in [-0.39, 0.29) is 5.97 Å². The van der Waals surface area contributed by atoms with E-state index in [1.807, 2.05) is 54.2 Å². The smallest absolute Gasteiger partial charge is 0.341 e. The minimum atomic E-state index is -0.348. The molecule has 1 aromatic carbocycles. The highest BCUT2D eigenvalue weighted by Crippen LogP contribution is 2.40. The number of thiocarbonyl (C=S) groups is 1. The molecule has 0 spiro atoms. The van der Waals surface area contributed by atoms with E-state index in [2.05, 4.69) is 15.7 Å². The van der Waals surface area contributed by atoms with Crippen LogP contribution in [0.25, 0.3) is 11.1 Å². The predicted octanol–water partition coefficient (Wildman–Crippen LogP) is 4.47. The van der Waals surface area contributed by atoms with Gasteiger partial charge in [0.15, 0.2) is 5.11 Å². The maximum Gasteiger partial charge on any atom is 0.341 e. The van der Waals surface area contributed by atoms with Gasteiger partial charge in [-0.3, -0.25) is 4.68 Å². The molecule has 0 fully saturated rings. The first-order chi connectivity index (χ1) is 14.1. The van der Waals surface area contributed by atoms with Crippen molar-refractivity contribution in [3.8, 4) is 11.1 Å². The van der Waals surface area contributed by atoms with Gasteiger partial charge in [-0.15, -0.1) is 11.3 Å². The second-order valence-corrected chi connectivity index (χ2v) is 7.96. The highest BCUT2D eigenvalue weighted by Gasteiger charge is 2.24. The standard InChI is InChI=1S/C21H24N4O2S2/c1-3-27-20(26)18-17(16-9-5-4-6-10-16)15(2)29-19(18)24-21(28)22-11-7-13-25-14-8-12-23-25/h4-6,8-10,12,14H,3,7,11,13H2,1-2H3,(H2,22,24,28). The molecule has 0 aliphatic rings. The van der Waals surface area contributed by atoms with Crippen LogP contribution in [0.3, 0.4) is 0 Å². The Morgan fingerprint density at radius 1 is 1.28 bits per heavy atom. The van der Waals surface area contributed by atoms with Crippen molar-refractivity contribution in [3.63, 3.8) is 0 Å². The van der Waals surface area contributed by atoms with Crippen molar-refractivity contribution in [2.45, 2.75) is 26.8 Å². The second-order valence-electron chi connectivity index (χ2n) is 6.33. The Morgan fingerprint density at radius 3 is 2.76 bits per heavy atom. The Morgan fingerprint density at radius 2 is 2.07 bits per heavy atom. The van der Waals surface area contributed by atoms with Crippen molar-refractivity contribution in [1.82, 2.24) is 15.1 Å². The van der Waals surface area contributed by atoms with E-state index in [1.165, 1.54) is 11.3 Å². The SMILES string of the molecule is CCOC(=O)c1c(NC(=S)NCCCn2cccn2)sc(C)c1-c1ccccc1. The first-order valence-electron chi connectivity index (χ1n) is 9.48. The lowest BCUT2D eigenvalue weighted by Crippen LogP contribution is -2.30. The number of nitrogens with one attached hydrogen (secondary N) is 2. The van der Waals surface area contributed by atoms with Gasteiger partial charge in [0, 0.05) is 35.9 Å². The number of hydrogen-bond acceptors (Lipinski definition) is 5. The number of ether oxygens (including phenoxy) is 1. The van der Waals surface area contributed by atoms with Crippen molar-refractivity contribution in [3.05, 3.63) is 59.2 Å². The summed E-state index contributed by atoms with van der Waals surface area (Å²) in [6.45, 7) is 5.64. The Balaban J connectivity index is 1.72. The zero-order valence-electron chi connectivity index (χ0n) is 16.5. The van der Waals surface area contributed by atoms with Crippen LogP contribution in [-0.4, -0.2) is 34.0 Å². The van der Waals surface area contributed by atoms with Gasteiger partial charge in [0.25, 0.3) is 0 Å². The fraction of sp³-hybridized carbons (Fsp3) is 0.286. The van der Waals surface area contributed by atoms with Gasteiger partial charge < -0.3 is 15.4 Å². The largest absolute Gasteiger partial charge is 0.462 e. The number of thiophene rings is 1. The Hall–Kier alpha value is -2.71. The summed E-state index contributed by atoms with van der Waals surface area (Å²) in [6, 6.07) is 11.8. The lowest BCUT2D eigenvalue weighted by atomic mass is 10.0. The Labute approximate surface area is 179 Å². The van der Waals surface area contributed by atoms with Crippen molar-refractivity contribution < 1.29 is 9.53 Å². The molecule has 3 aromatic rings. The van der Waals surface area contributed by atoms with Crippen molar-refractivity contribution in [1.29, 1.82) is 0 Å². The van der Waals surface area contributed by atoms with Crippen molar-refractivity contribution >= 4 is 39.6 Å². The molecule has 2 heterocycles. The molecule has 0 amide bonds. The molecular formula is C21H24N4O2S2. The van der Waals surface area contributed by atoms with Crippen LogP contribution in [0.4, 0.5) is 5.00 Å². The highest BCUT2D eigenvalue weighted by molar-refractivity contribution is 7.80. The minimum absolute atomic E-state index is 0.317. The molecule has 0 unspecified atom stereocenters. The van der Waals surface area contributed by atoms with Crippen LogP contribution < -0.4 is 10.6 Å². The van der Waals surface area contributed by atoms with Crippen LogP contribution in [0.2, 0.25) is 0 Å². The molecule has 0 aliphatic carbocycles. The molecule has 3 rings (SSSR count). The monoisotopic (exact) mass is 428 g/mol. The zero-order chi connectivity index (χ0) is 20.6. The topological polar surface area (TPSA) is 68.2 Å². The number of nitrogens with zero attached hydrogens (tertiary/aromatic N) is 2. The zero-order valence-corrected chi connectivity index (χ0v) is 18.1. The van der Waals surface area contributed by atoms with Crippen LogP contribution >= 0.6 is 23.6 Å². The number of anilines is 1. The molecule has 8 heteroatoms. The normalized spacial score (nSPS) is 10.6. The quantitative estimate of drug-likeness (QED) is 0.313. The summed E-state index contributed by atoms with van der Waals surface area (Å²) >= 11 is 6.94. The second kappa shape index (κ2) is 10.2. The van der Waals surface area contributed by atoms with E-state index < -0.39 is 0 Å². The van der Waals surface area contributed by atoms with E-state index in [9.17, 15) is 4.79 Å². The summed E-state index contributed by atoms with van der Waals surface area (Å²) < 4.78 is 7.20. The number of benzene rings is 1. The van der Waals surface area contributed by atoms with E-state index in [1.54, 1.807) is 13.1 Å². The maximum atomic E-state index is 12.7. The van der Waals surface area contributed by atoms with Crippen LogP contribution in [0.5, 0.6) is 0 Å². The summed E-state index contributed by atoms with van der Waals surface area (Å²) in [7, 11) is 0. The van der Waals surface area contributed by atoms with Crippen LogP contribution in [0.15, 0.2) is 48.8 Å². The van der Waals surface area contributed by atoms with Crippen molar-refractivity contribution in [2.24, 2.45) is 0 Å². The van der Waals surface area contributed by atoms with E-state index in [4.69, 9.17) is 17.0 Å². The molecule has 0 saturated carbocycles. The number of hydrogen-bond donors (Lipinski definition) is 2. The molecule has 0 atom stereocenters. The molecule has 152 valence electrons. The molecule has 2 N–H and O–H groups in total. The fourth-order valence-corrected chi connectivity index (χ4v) is 4.34. The molecular weight excluding hydrogens is 404 g/mol. The number of aromatic nitrogens is 2. The van der Waals surface area contributed by atoms with Gasteiger partial charge in [0.2, 0.25) is 0 Å². The Kier molecular flexibility index (Phi) is 7.37. The number of esters is 1. The number of carbonyl (C=O) groups is 1. The maximum absolute atomic E-state index is 12.7. The van der Waals surface area contributed by atoms with E-state index >= 15 is 0 Å². The molecule has 0 aliphatic heterocycles. The van der Waals surface area contributed by atoms with Gasteiger partial charge in [0.05, 0.1) is 6.61 Å². The fourth-order valence-electron chi connectivity index (χ4n) is 3.01. The van der Waals surface area contributed by atoms with Gasteiger partial charge in [-0.2, -0.15) is 5.10 Å². The number of aryl methyl sites for hydroxylation is 2. The summed E-state index contributed by atoms with van der Waals surface area (Å²) in [5.74, 6) is -0.348. The minimum Gasteiger partial charge on any atom is -0.462 e. The van der Waals surface area contributed by atoms with Crippen LogP contribution in [0.1, 0.15) is 28.6 Å². The average Bonchev–Trinajstić information content (AvgIpc) is 3.33. The molecule has 0 bridgehead atoms. The summed E-state index contributed by atoms with van der Waals surface area (Å²) in [5.41, 5.74) is 2.40. The van der Waals surface area contributed by atoms with Gasteiger partial charge in [-0.05, 0) is 44.1 Å². The van der Waals surface area contributed by atoms with Crippen LogP contribution in [-0.2, 0) is 11.3 Å². The van der Waals surface area contributed by atoms with Gasteiger partial charge in [0.1, 0.15) is 10.6 Å². The summed E-state index contributed by atoms with van der Waals surface area (Å²) in [6.07, 6.45) is 4.58. The molecule has 6 nitrogen and oxygen atoms in total. The lowest BCUT2D eigenvalue weighted by Gasteiger charge is -2.12. The van der Waals surface area contributed by atoms with Gasteiger partial charge >= 0.3 is 5.97 Å². The first-order valence-corrected chi connectivity index (χ1v) is 10.7. The lowest BCUT2D eigenvalue weighted by molar-refractivity contribution is 0.0529. The van der Waals surface area contributed by atoms with Crippen molar-refractivity contribution in [2.75, 3.05) is 18.5 Å². The predicted molar refractivity (Wildman–Crippen MR) is 122 cm³/mol. The van der Waals surface area contributed by atoms with Gasteiger partial charge in [-0.25, -0.2) is 4.79 Å². The van der Waals surface area contributed by atoms with Gasteiger partial charge in [-0.1, -0.05) is 30.3 Å². The third-order valence-electron chi connectivity index (χ3n) is 4.26. The third kappa shape index (κ3) is 5.42. The third-order valence-corrected chi connectivity index (χ3v) is 5.53. The Bertz CT molecular complexity index is 953. The number of carbonyl (C=O) groups excluding carboxylic acids is 1. The summed E-state index contributed by atoms with van der Waals surface area (Å²) in [4.78, 5) is 13.7. The molecule has 0 radical (unpaired) electrons. The molecule has 29 heavy (non-hydrogen) atoms. The molecule has 0 saturated heterocycles. The summed E-state index contributed by atoms with van der Waals surface area (Å²) in [5, 5.41) is 11.7. The highest BCUT2D eigenvalue weighted by atomic mass is 32.1.